The van der Waals surface area contributed by atoms with Crippen molar-refractivity contribution in [2.24, 2.45) is 0 Å². The van der Waals surface area contributed by atoms with Crippen molar-refractivity contribution in [1.29, 1.82) is 0 Å². The molecule has 0 amide bonds. The van der Waals surface area contributed by atoms with Crippen LogP contribution >= 0.6 is 0 Å². The summed E-state index contributed by atoms with van der Waals surface area (Å²) < 4.78 is 2.86. The summed E-state index contributed by atoms with van der Waals surface area (Å²) in [6.07, 6.45) is 0. The molecule has 0 saturated carbocycles. The van der Waals surface area contributed by atoms with Gasteiger partial charge in [0.2, 0.25) is 0 Å². The maximum atomic E-state index is 2.78. The van der Waals surface area contributed by atoms with E-state index in [-0.39, 0.29) is 48.3 Å². The maximum absolute atomic E-state index is 2.78. The summed E-state index contributed by atoms with van der Waals surface area (Å²) >= 11 is 0.174. The second-order valence-corrected chi connectivity index (χ2v) is 36.5. The number of anilines is 6. The summed E-state index contributed by atoms with van der Waals surface area (Å²) in [5.41, 5.74) is 35.5. The average molecular weight is 1380 g/mol. The zero-order chi connectivity index (χ0) is 70.7. The van der Waals surface area contributed by atoms with E-state index in [9.17, 15) is 0 Å². The van der Waals surface area contributed by atoms with Crippen LogP contribution in [0, 0.1) is 0 Å². The van der Waals surface area contributed by atoms with Crippen LogP contribution < -0.4 is 26.2 Å². The summed E-state index contributed by atoms with van der Waals surface area (Å²) in [7, 11) is 0. The van der Waals surface area contributed by atoms with Gasteiger partial charge in [0.1, 0.15) is 0 Å². The second kappa shape index (κ2) is 23.8. The van der Waals surface area contributed by atoms with Crippen molar-refractivity contribution < 1.29 is 0 Å². The Morgan fingerprint density at radius 1 is 0.235 bits per heavy atom. The van der Waals surface area contributed by atoms with Crippen molar-refractivity contribution in [3.8, 4) is 89.0 Å². The van der Waals surface area contributed by atoms with Gasteiger partial charge in [0.15, 0.2) is 0 Å². The predicted octanol–water partition coefficient (Wildman–Crippen LogP) is 25.3. The van der Waals surface area contributed by atoms with Crippen LogP contribution in [-0.4, -0.2) is 21.2 Å². The van der Waals surface area contributed by atoms with Crippen molar-refractivity contribution >= 4 is 91.0 Å². The summed E-state index contributed by atoms with van der Waals surface area (Å²) in [5.74, 6) is 0. The van der Waals surface area contributed by atoms with E-state index in [0.29, 0.717) is 0 Å². The minimum atomic E-state index is -0.307. The number of nitrogens with zero attached hydrogens (tertiary/aromatic N) is 2. The third-order valence-electron chi connectivity index (χ3n) is 22.1. The van der Waals surface area contributed by atoms with Gasteiger partial charge >= 0.3 is 382 Å². The molecule has 17 rings (SSSR count). The molecule has 0 fully saturated rings. The molecule has 102 heavy (non-hydrogen) atoms. The number of fused-ring (bicyclic) bond motifs is 20. The Morgan fingerprint density at radius 3 is 1.05 bits per heavy atom. The third kappa shape index (κ3) is 11.2. The van der Waals surface area contributed by atoms with Crippen molar-refractivity contribution in [3.63, 3.8) is 0 Å². The molecule has 3 aliphatic heterocycles. The molecule has 500 valence electrons. The van der Waals surface area contributed by atoms with E-state index in [1.807, 2.05) is 0 Å². The van der Waals surface area contributed by atoms with Gasteiger partial charge in [-0.2, -0.15) is 0 Å². The SMILES string of the molecule is CC(C)(C)c1cc(-c2ccc3c(c2)N2c4cc(C(C)(C)C)cc5c4B3c3cc(-c4ccccc4)ccc3N5c3c(-c4ccccc4)cc(C(C)(C)C)cc3-c3cccc(c3)-c3ccc4[se]c5ccc(cc5c4c3)-c3cccc(c3)-c3cc(C(C)(C)C)cc(-c4ccccc4)c32)cc(C(C)(C)C)c1. The molecule has 13 aromatic carbocycles. The molecule has 0 unspecified atom stereocenters. The van der Waals surface area contributed by atoms with Crippen LogP contribution in [0.1, 0.15) is 132 Å². The summed E-state index contributed by atoms with van der Waals surface area (Å²) in [5, 5.41) is 2.68. The fourth-order valence-corrected chi connectivity index (χ4v) is 18.4. The Labute approximate surface area is 611 Å². The second-order valence-electron chi connectivity index (χ2n) is 34.3. The van der Waals surface area contributed by atoms with Crippen LogP contribution in [-0.2, 0) is 27.1 Å². The third-order valence-corrected chi connectivity index (χ3v) is 24.5. The Morgan fingerprint density at radius 2 is 0.588 bits per heavy atom. The predicted molar refractivity (Wildman–Crippen MR) is 443 cm³/mol. The standard InChI is InChI=1S/C98H89BN2Se/c1-94(2,3)72-47-71(48-73(53-72)95(4,5)6)68-37-41-83-86(52-68)101-88-59-76(98(13,14)15)58-87-91(88)99(83)84-51-67(60-27-19-16-20-28-60)38-42-85(84)100(87)92-77(61-29-21-17-22-30-61)54-74(96(7,8)9)56-79(92)69-35-25-33-63(45-69)65-39-43-89-81(49-65)82-50-66(40-44-90(82)102-89)64-34-26-36-70(46-64)80-57-75(97(10,11)12)55-78(93(80)101)62-31-23-18-24-32-62/h16-59H,1-15H3. The summed E-state index contributed by atoms with van der Waals surface area (Å²) in [4.78, 5) is 5.52. The molecule has 4 heteroatoms. The van der Waals surface area contributed by atoms with E-state index in [1.165, 1.54) is 175 Å². The van der Waals surface area contributed by atoms with E-state index < -0.39 is 0 Å². The molecule has 13 bridgehead atoms. The molecule has 1 aromatic heterocycles. The van der Waals surface area contributed by atoms with E-state index >= 15 is 0 Å². The summed E-state index contributed by atoms with van der Waals surface area (Å²) in [6, 6.07) is 105. The molecule has 14 aromatic rings. The maximum Gasteiger partial charge on any atom is -0.0132 e. The quantitative estimate of drug-likeness (QED) is 0.162. The first-order chi connectivity index (χ1) is 48.7. The fraction of sp³-hybridized carbons (Fsp3) is 0.204. The Hall–Kier alpha value is -9.96. The summed E-state index contributed by atoms with van der Waals surface area (Å²) in [6.45, 7) is 35.5. The van der Waals surface area contributed by atoms with E-state index in [0.717, 1.165) is 11.4 Å². The zero-order valence-corrected chi connectivity index (χ0v) is 63.5. The molecule has 2 nitrogen and oxygen atoms in total. The first kappa shape index (κ1) is 65.4. The monoisotopic (exact) mass is 1380 g/mol. The van der Waals surface area contributed by atoms with Crippen LogP contribution in [0.25, 0.3) is 108 Å². The van der Waals surface area contributed by atoms with Gasteiger partial charge in [-0.3, -0.25) is 0 Å². The Bertz CT molecular complexity index is 5690. The average Bonchev–Trinajstić information content (AvgIpc) is 0.789. The van der Waals surface area contributed by atoms with Crippen LogP contribution in [0.2, 0.25) is 0 Å². The van der Waals surface area contributed by atoms with Crippen LogP contribution in [0.5, 0.6) is 0 Å². The molecule has 4 heterocycles. The fourth-order valence-electron chi connectivity index (χ4n) is 16.2. The van der Waals surface area contributed by atoms with Crippen molar-refractivity contribution in [3.05, 3.63) is 295 Å². The molecule has 3 aliphatic rings. The topological polar surface area (TPSA) is 6.48 Å². The minimum Gasteiger partial charge on any atom is -0.0561 e. The molecular formula is C98H89BN2Se. The largest absolute Gasteiger partial charge is 0.0561 e. The molecule has 0 radical (unpaired) electrons. The van der Waals surface area contributed by atoms with Gasteiger partial charge in [-0.15, -0.1) is 0 Å². The van der Waals surface area contributed by atoms with E-state index in [2.05, 4.69) is 381 Å². The smallest absolute Gasteiger partial charge is 0.0132 e. The molecule has 0 spiro atoms. The van der Waals surface area contributed by atoms with Crippen molar-refractivity contribution in [2.45, 2.75) is 131 Å². The van der Waals surface area contributed by atoms with Crippen molar-refractivity contribution in [2.75, 3.05) is 9.80 Å². The Balaban J connectivity index is 1.10. The number of benzene rings is 13. The zero-order valence-electron chi connectivity index (χ0n) is 61.8. The minimum absolute atomic E-state index is 0.0907. The number of hydrogen-bond donors (Lipinski definition) is 0. The molecule has 0 N–H and O–H groups in total. The van der Waals surface area contributed by atoms with Gasteiger partial charge < -0.3 is 0 Å². The van der Waals surface area contributed by atoms with E-state index in [1.54, 1.807) is 0 Å². The normalized spacial score (nSPS) is 13.4. The van der Waals surface area contributed by atoms with Crippen LogP contribution in [0.3, 0.4) is 0 Å². The van der Waals surface area contributed by atoms with E-state index in [4.69, 9.17) is 0 Å². The molecule has 0 saturated heterocycles. The van der Waals surface area contributed by atoms with Crippen molar-refractivity contribution in [1.82, 2.24) is 0 Å². The molecular weight excluding hydrogens is 1290 g/mol. The van der Waals surface area contributed by atoms with Crippen LogP contribution in [0.4, 0.5) is 34.1 Å². The van der Waals surface area contributed by atoms with Gasteiger partial charge in [-0.05, 0) is 55.2 Å². The number of rotatable bonds is 4. The number of hydrogen-bond acceptors (Lipinski definition) is 2. The molecule has 0 aliphatic carbocycles. The first-order valence-electron chi connectivity index (χ1n) is 36.6. The first-order valence-corrected chi connectivity index (χ1v) is 38.4. The van der Waals surface area contributed by atoms with Gasteiger partial charge in [-0.1, -0.05) is 172 Å². The van der Waals surface area contributed by atoms with Gasteiger partial charge in [0.05, 0.1) is 0 Å². The van der Waals surface area contributed by atoms with Crippen LogP contribution in [0.15, 0.2) is 267 Å². The van der Waals surface area contributed by atoms with Gasteiger partial charge in [-0.25, -0.2) is 0 Å². The van der Waals surface area contributed by atoms with Gasteiger partial charge in [0, 0.05) is 0 Å². The Kier molecular flexibility index (Phi) is 15.3. The van der Waals surface area contributed by atoms with Gasteiger partial charge in [0.25, 0.3) is 6.71 Å². The molecule has 0 atom stereocenters.